The lowest BCUT2D eigenvalue weighted by Crippen LogP contribution is -2.43. The van der Waals surface area contributed by atoms with Crippen LogP contribution in [0.25, 0.3) is 17.1 Å². The van der Waals surface area contributed by atoms with E-state index < -0.39 is 18.1 Å². The highest BCUT2D eigenvalue weighted by Gasteiger charge is 2.38. The summed E-state index contributed by atoms with van der Waals surface area (Å²) >= 11 is 0. The van der Waals surface area contributed by atoms with Crippen LogP contribution in [-0.2, 0) is 0 Å². The van der Waals surface area contributed by atoms with Gasteiger partial charge in [-0.3, -0.25) is 9.36 Å². The monoisotopic (exact) mass is 536 g/mol. The standard InChI is InChI=1S/C24H27F3N4O3.2C2H6/c1-13(2)17-11-18(20(34-6)12-19(17)33-5)21-29-30-22(23(32)28-15(4)24(25,26)27)31(21)16-9-7-14(3)8-10-16;2*1-2/h7-13,15H,1-6H3,(H,28,32);2*1-2H3. The molecule has 3 aromatic rings. The Bertz CT molecular complexity index is 1170. The van der Waals surface area contributed by atoms with Crippen molar-refractivity contribution in [2.24, 2.45) is 0 Å². The van der Waals surface area contributed by atoms with Gasteiger partial charge in [-0.2, -0.15) is 13.2 Å². The Balaban J connectivity index is 0.00000172. The van der Waals surface area contributed by atoms with Crippen LogP contribution >= 0.6 is 0 Å². The highest BCUT2D eigenvalue weighted by atomic mass is 19.4. The van der Waals surface area contributed by atoms with Crippen molar-refractivity contribution >= 4 is 5.91 Å². The molecule has 3 rings (SSSR count). The molecule has 1 amide bonds. The molecule has 0 aliphatic rings. The van der Waals surface area contributed by atoms with Crippen LogP contribution in [-0.4, -0.2) is 47.1 Å². The second kappa shape index (κ2) is 14.4. The lowest BCUT2D eigenvalue weighted by atomic mass is 9.98. The van der Waals surface area contributed by atoms with Gasteiger partial charge in [0.15, 0.2) is 5.82 Å². The molecule has 1 unspecified atom stereocenters. The average molecular weight is 537 g/mol. The summed E-state index contributed by atoms with van der Waals surface area (Å²) in [6, 6.07) is 8.61. The van der Waals surface area contributed by atoms with Gasteiger partial charge in [-0.05, 0) is 43.5 Å². The third kappa shape index (κ3) is 7.49. The number of rotatable bonds is 7. The van der Waals surface area contributed by atoms with E-state index in [1.54, 1.807) is 25.3 Å². The first-order valence-corrected chi connectivity index (χ1v) is 12.6. The van der Waals surface area contributed by atoms with Crippen molar-refractivity contribution in [1.82, 2.24) is 20.1 Å². The Morgan fingerprint density at radius 1 is 0.921 bits per heavy atom. The predicted octanol–water partition coefficient (Wildman–Crippen LogP) is 7.12. The van der Waals surface area contributed by atoms with E-state index >= 15 is 0 Å². The van der Waals surface area contributed by atoms with E-state index in [1.807, 2.05) is 72.0 Å². The highest BCUT2D eigenvalue weighted by molar-refractivity contribution is 5.92. The Labute approximate surface area is 223 Å². The Morgan fingerprint density at radius 2 is 1.47 bits per heavy atom. The zero-order valence-electron chi connectivity index (χ0n) is 23.8. The van der Waals surface area contributed by atoms with Crippen LogP contribution in [0.1, 0.15) is 76.1 Å². The van der Waals surface area contributed by atoms with Crippen molar-refractivity contribution < 1.29 is 27.4 Å². The second-order valence-electron chi connectivity index (χ2n) is 8.20. The summed E-state index contributed by atoms with van der Waals surface area (Å²) in [5, 5.41) is 10.1. The molecule has 0 aliphatic heterocycles. The van der Waals surface area contributed by atoms with Gasteiger partial charge in [-0.25, -0.2) is 0 Å². The minimum Gasteiger partial charge on any atom is -0.496 e. The molecule has 2 aromatic carbocycles. The largest absolute Gasteiger partial charge is 0.496 e. The third-order valence-corrected chi connectivity index (χ3v) is 5.41. The number of aryl methyl sites for hydroxylation is 1. The fourth-order valence-electron chi connectivity index (χ4n) is 3.44. The highest BCUT2D eigenvalue weighted by Crippen LogP contribution is 2.39. The topological polar surface area (TPSA) is 78.3 Å². The second-order valence-corrected chi connectivity index (χ2v) is 8.20. The first-order chi connectivity index (χ1) is 18.0. The lowest BCUT2D eigenvalue weighted by molar-refractivity contribution is -0.149. The van der Waals surface area contributed by atoms with Crippen LogP contribution in [0.5, 0.6) is 11.5 Å². The molecule has 210 valence electrons. The van der Waals surface area contributed by atoms with Gasteiger partial charge in [0.05, 0.1) is 19.8 Å². The van der Waals surface area contributed by atoms with Gasteiger partial charge < -0.3 is 14.8 Å². The third-order valence-electron chi connectivity index (χ3n) is 5.41. The minimum atomic E-state index is -4.60. The lowest BCUT2D eigenvalue weighted by Gasteiger charge is -2.19. The maximum Gasteiger partial charge on any atom is 0.408 e. The fourth-order valence-corrected chi connectivity index (χ4v) is 3.44. The summed E-state index contributed by atoms with van der Waals surface area (Å²) in [6.45, 7) is 14.8. The number of aromatic nitrogens is 3. The van der Waals surface area contributed by atoms with Crippen LogP contribution in [0.15, 0.2) is 36.4 Å². The molecule has 1 N–H and O–H groups in total. The van der Waals surface area contributed by atoms with Gasteiger partial charge in [-0.15, -0.1) is 10.2 Å². The van der Waals surface area contributed by atoms with E-state index in [1.165, 1.54) is 11.7 Å². The maximum atomic E-state index is 13.1. The molecule has 0 aliphatic carbocycles. The summed E-state index contributed by atoms with van der Waals surface area (Å²) in [6.07, 6.45) is -4.60. The van der Waals surface area contributed by atoms with E-state index in [0.29, 0.717) is 22.7 Å². The molecule has 1 atom stereocenters. The molecule has 0 saturated heterocycles. The smallest absolute Gasteiger partial charge is 0.408 e. The Morgan fingerprint density at radius 3 is 1.95 bits per heavy atom. The number of carbonyl (C=O) groups is 1. The molecular formula is C28H39F3N4O3. The first-order valence-electron chi connectivity index (χ1n) is 12.6. The molecule has 0 spiro atoms. The number of amides is 1. The van der Waals surface area contributed by atoms with Crippen molar-refractivity contribution in [2.45, 2.75) is 73.5 Å². The number of nitrogens with zero attached hydrogens (tertiary/aromatic N) is 3. The van der Waals surface area contributed by atoms with E-state index in [0.717, 1.165) is 18.1 Å². The molecule has 7 nitrogen and oxygen atoms in total. The minimum absolute atomic E-state index is 0.0887. The summed E-state index contributed by atoms with van der Waals surface area (Å²) in [5.41, 5.74) is 2.87. The summed E-state index contributed by atoms with van der Waals surface area (Å²) in [7, 11) is 3.04. The normalized spacial score (nSPS) is 11.5. The maximum absolute atomic E-state index is 13.1. The number of hydrogen-bond acceptors (Lipinski definition) is 5. The molecule has 1 aromatic heterocycles. The number of alkyl halides is 3. The van der Waals surface area contributed by atoms with Gasteiger partial charge in [-0.1, -0.05) is 59.2 Å². The zero-order chi connectivity index (χ0) is 29.2. The Hall–Kier alpha value is -3.56. The molecule has 0 saturated carbocycles. The van der Waals surface area contributed by atoms with Gasteiger partial charge in [0.2, 0.25) is 5.82 Å². The van der Waals surface area contributed by atoms with Crippen molar-refractivity contribution in [3.63, 3.8) is 0 Å². The number of methoxy groups -OCH3 is 2. The van der Waals surface area contributed by atoms with Crippen LogP contribution in [0.4, 0.5) is 13.2 Å². The molecule has 1 heterocycles. The summed E-state index contributed by atoms with van der Waals surface area (Å²) < 4.78 is 51.7. The average Bonchev–Trinajstić information content (AvgIpc) is 3.35. The number of nitrogens with one attached hydrogen (secondary N) is 1. The number of carbonyl (C=O) groups excluding carboxylic acids is 1. The molecule has 0 bridgehead atoms. The fraction of sp³-hybridized carbons (Fsp3) is 0.464. The van der Waals surface area contributed by atoms with Crippen LogP contribution < -0.4 is 14.8 Å². The molecule has 38 heavy (non-hydrogen) atoms. The number of hydrogen-bond donors (Lipinski definition) is 1. The predicted molar refractivity (Wildman–Crippen MR) is 144 cm³/mol. The van der Waals surface area contributed by atoms with Crippen molar-refractivity contribution in [3.05, 3.63) is 53.3 Å². The van der Waals surface area contributed by atoms with Gasteiger partial charge in [0, 0.05) is 11.8 Å². The summed E-state index contributed by atoms with van der Waals surface area (Å²) in [4.78, 5) is 12.9. The number of benzene rings is 2. The van der Waals surface area contributed by atoms with Crippen molar-refractivity contribution in [1.29, 1.82) is 0 Å². The first kappa shape index (κ1) is 32.5. The van der Waals surface area contributed by atoms with Crippen LogP contribution in [0.3, 0.4) is 0 Å². The van der Waals surface area contributed by atoms with Gasteiger partial charge in [0.1, 0.15) is 17.5 Å². The van der Waals surface area contributed by atoms with Crippen LogP contribution in [0.2, 0.25) is 0 Å². The van der Waals surface area contributed by atoms with Crippen LogP contribution in [0, 0.1) is 6.92 Å². The van der Waals surface area contributed by atoms with Gasteiger partial charge >= 0.3 is 6.18 Å². The zero-order valence-corrected chi connectivity index (χ0v) is 23.8. The SMILES string of the molecule is CC.CC.COc1cc(OC)c(C(C)C)cc1-c1nnc(C(=O)NC(C)C(F)(F)F)n1-c1ccc(C)cc1. The van der Waals surface area contributed by atoms with Crippen molar-refractivity contribution in [3.8, 4) is 28.6 Å². The Kier molecular flexibility index (Phi) is 12.3. The summed E-state index contributed by atoms with van der Waals surface area (Å²) in [5.74, 6) is 0.0899. The molecule has 0 fully saturated rings. The number of halogens is 3. The quantitative estimate of drug-likeness (QED) is 0.348. The van der Waals surface area contributed by atoms with Crippen molar-refractivity contribution in [2.75, 3.05) is 14.2 Å². The molecular weight excluding hydrogens is 497 g/mol. The van der Waals surface area contributed by atoms with E-state index in [-0.39, 0.29) is 17.6 Å². The van der Waals surface area contributed by atoms with E-state index in [4.69, 9.17) is 9.47 Å². The number of ether oxygens (including phenoxy) is 2. The molecule has 10 heteroatoms. The van der Waals surface area contributed by atoms with Gasteiger partial charge in [0.25, 0.3) is 5.91 Å². The van der Waals surface area contributed by atoms with E-state index in [9.17, 15) is 18.0 Å². The van der Waals surface area contributed by atoms with E-state index in [2.05, 4.69) is 10.2 Å². The molecule has 0 radical (unpaired) electrons.